The molecule has 0 N–H and O–H groups in total. The van der Waals surface area contributed by atoms with Gasteiger partial charge in [0.2, 0.25) is 0 Å². The number of rotatable bonds is 20. The van der Waals surface area contributed by atoms with Crippen LogP contribution in [0.4, 0.5) is 0 Å². The van der Waals surface area contributed by atoms with Gasteiger partial charge in [0.05, 0.1) is 27.1 Å². The lowest BCUT2D eigenvalue weighted by Crippen LogP contribution is -2.31. The predicted molar refractivity (Wildman–Crippen MR) is 700 cm³/mol. The van der Waals surface area contributed by atoms with Gasteiger partial charge in [-0.1, -0.05) is 290 Å². The highest BCUT2D eigenvalue weighted by Gasteiger charge is 2.45. The summed E-state index contributed by atoms with van der Waals surface area (Å²) in [6.45, 7) is 0. The van der Waals surface area contributed by atoms with Crippen LogP contribution in [0.25, 0.3) is 0 Å². The lowest BCUT2D eigenvalue weighted by Gasteiger charge is -2.37. The van der Waals surface area contributed by atoms with Gasteiger partial charge in [-0.05, 0) is 625 Å². The van der Waals surface area contributed by atoms with Gasteiger partial charge in [-0.2, -0.15) is 0 Å². The first-order valence-electron chi connectivity index (χ1n) is 46.7. The molecule has 0 bridgehead atoms. The van der Waals surface area contributed by atoms with Gasteiger partial charge in [-0.15, -0.1) is 0 Å². The van der Waals surface area contributed by atoms with Crippen molar-refractivity contribution in [3.63, 3.8) is 0 Å². The van der Waals surface area contributed by atoms with E-state index in [1.165, 1.54) is 110 Å². The highest BCUT2D eigenvalue weighted by atomic mass is 127. The summed E-state index contributed by atoms with van der Waals surface area (Å²) in [7, 11) is 0. The van der Waals surface area contributed by atoms with E-state index in [1.807, 2.05) is 0 Å². The molecule has 12 heteroatoms. The largest absolute Gasteiger partial charge is 0.0701 e. The zero-order valence-electron chi connectivity index (χ0n) is 77.2. The zero-order chi connectivity index (χ0) is 99.8. The van der Waals surface area contributed by atoms with Gasteiger partial charge >= 0.3 is 0 Å². The van der Waals surface area contributed by atoms with Crippen LogP contribution in [0.2, 0.25) is 0 Å². The van der Waals surface area contributed by atoms with Crippen molar-refractivity contribution in [1.29, 1.82) is 0 Å². The lowest BCUT2D eigenvalue weighted by atomic mass is 9.65. The first kappa shape index (κ1) is 104. The van der Waals surface area contributed by atoms with Gasteiger partial charge in [0.25, 0.3) is 0 Å². The highest BCUT2D eigenvalue weighted by Crippen LogP contribution is 2.53. The Morgan fingerprint density at radius 2 is 0.138 bits per heavy atom. The third-order valence-electron chi connectivity index (χ3n) is 27.3. The van der Waals surface area contributed by atoms with Gasteiger partial charge in [0.15, 0.2) is 0 Å². The van der Waals surface area contributed by atoms with Crippen LogP contribution in [0, 0.1) is 90.2 Å². The minimum Gasteiger partial charge on any atom is -0.0617 e. The van der Waals surface area contributed by atoms with Crippen LogP contribution in [-0.2, 0) is 27.1 Å². The first-order chi connectivity index (χ1) is 70.6. The topological polar surface area (TPSA) is 0 Å². The lowest BCUT2D eigenvalue weighted by molar-refractivity contribution is 0.744. The molecule has 0 saturated heterocycles. The van der Waals surface area contributed by atoms with Gasteiger partial charge in [0, 0.05) is 87.3 Å². The molecule has 0 aliphatic heterocycles. The molecule has 0 fully saturated rings. The van der Waals surface area contributed by atoms with Gasteiger partial charge in [0.1, 0.15) is 0 Å². The summed E-state index contributed by atoms with van der Waals surface area (Å²) >= 11 is 29.0. The molecule has 0 radical (unpaired) electrons. The van der Waals surface area contributed by atoms with Crippen LogP contribution < -0.4 is 0 Å². The maximum atomic E-state index is 3.65. The molecular formula is C133H80I12. The molecule has 0 aliphatic carbocycles. The summed E-state index contributed by atoms with van der Waals surface area (Å²) in [5.41, 5.74) is 26.8. The zero-order valence-corrected chi connectivity index (χ0v) is 103. The Morgan fingerprint density at radius 1 is 0.0828 bits per heavy atom. The Hall–Kier alpha value is -8.60. The predicted octanol–water partition coefficient (Wildman–Crippen LogP) is 36.5. The van der Waals surface area contributed by atoms with Crippen LogP contribution in [0.1, 0.15) is 156 Å². The van der Waals surface area contributed by atoms with Gasteiger partial charge in [-0.3, -0.25) is 0 Å². The Bertz CT molecular complexity index is 6860. The van der Waals surface area contributed by atoms with Gasteiger partial charge < -0.3 is 0 Å². The fraction of sp³-hybridized carbons (Fsp3) is 0.0376. The fourth-order valence-electron chi connectivity index (χ4n) is 20.4. The summed E-state index contributed by atoms with van der Waals surface area (Å²) in [6, 6.07) is 179. The Morgan fingerprint density at radius 3 is 0.200 bits per heavy atom. The van der Waals surface area contributed by atoms with E-state index in [-0.39, 0.29) is 0 Å². The molecular weight excluding hydrogens is 3120 g/mol. The molecule has 20 rings (SSSR count). The van der Waals surface area contributed by atoms with Crippen molar-refractivity contribution in [1.82, 2.24) is 0 Å². The van der Waals surface area contributed by atoms with Gasteiger partial charge in [-0.25, -0.2) is 0 Å². The van der Waals surface area contributed by atoms with Crippen LogP contribution in [0.15, 0.2) is 485 Å². The van der Waals surface area contributed by atoms with Crippen molar-refractivity contribution in [2.75, 3.05) is 0 Å². The molecule has 20 aromatic rings. The summed E-state index contributed by atoms with van der Waals surface area (Å²) < 4.78 is 14.2. The fourth-order valence-corrected chi connectivity index (χ4v) is 24.7. The molecule has 145 heavy (non-hydrogen) atoms. The second kappa shape index (κ2) is 46.5. The molecule has 0 saturated carbocycles. The second-order valence-electron chi connectivity index (χ2n) is 35.5. The van der Waals surface area contributed by atoms with E-state index in [4.69, 9.17) is 0 Å². The molecule has 696 valence electrons. The van der Waals surface area contributed by atoms with E-state index >= 15 is 0 Å². The number of halogens is 12. The molecule has 20 aromatic carbocycles. The number of hydrogen-bond donors (Lipinski definition) is 0. The molecule has 0 nitrogen and oxygen atoms in total. The summed E-state index contributed by atoms with van der Waals surface area (Å²) in [4.78, 5) is 0. The average molecular weight is 3200 g/mol. The SMILES string of the molecule is Ic1ccc(C(c2ccc(I)cc2)(c2ccc(I)cc2)c2ccc(C#Cc3ccc(C(c4ccc(C#Cc5ccc(C(c6ccc(I)cc6)(c6ccc(I)cc6)c6ccc(I)cc6)cc5)cc4)(c4ccc(C#Cc5ccc(C(c6ccc(I)cc6)(c6ccc(I)cc6)c6ccc(I)cc6)cc5)cc4)c4ccc(C#Cc5ccc(C(c6ccc(I)cc6)(c6ccc(I)cc6)c6ccc(I)cc6)cc5)cc4)cc3)cc2)cc1. The van der Waals surface area contributed by atoms with Crippen molar-refractivity contribution in [3.8, 4) is 47.4 Å². The number of hydrogen-bond acceptors (Lipinski definition) is 0. The standard InChI is InChI=1S/C133H80I12/c134-117-65-41-105(42-66-117)130(106-43-67-118(135)68-44-106,107-45-69-119(136)70-46-107)101-33-17-93(18-34-101)5-1-89-9-25-97(26-10-89)129(98-27-11-90(12-28-98)2-6-94-19-35-102(36-20-94)131(108-47-71-120(137)72-48-108,109-49-73-121(138)74-50-109)110-51-75-122(139)76-52-110,99-29-13-91(14-30-99)3-7-95-21-37-103(38-22-95)132(111-53-77-123(140)78-54-111,112-55-79-124(141)80-56-112)113-57-81-125(142)82-58-113)100-31-15-92(16-32-100)4-8-96-23-39-104(40-24-96)133(114-59-83-126(143)84-60-114,115-61-85-127(144)86-62-115)116-63-87-128(145)88-64-116/h9-88H. The van der Waals surface area contributed by atoms with Crippen LogP contribution >= 0.6 is 271 Å². The smallest absolute Gasteiger partial charge is 0.0617 e. The van der Waals surface area contributed by atoms with Crippen molar-refractivity contribution < 1.29 is 0 Å². The molecule has 0 unspecified atom stereocenters. The third-order valence-corrected chi connectivity index (χ3v) is 35.9. The van der Waals surface area contributed by atoms with Crippen LogP contribution in [0.5, 0.6) is 0 Å². The van der Waals surface area contributed by atoms with E-state index in [2.05, 4.69) is 804 Å². The third kappa shape index (κ3) is 21.9. The van der Waals surface area contributed by atoms with E-state index in [0.29, 0.717) is 0 Å². The molecule has 0 aliphatic rings. The molecule has 0 spiro atoms. The minimum absolute atomic E-state index is 0.622. The average Bonchev–Trinajstić information content (AvgIpc) is 0.753. The number of benzene rings is 20. The normalized spacial score (nSPS) is 11.5. The summed E-state index contributed by atoms with van der Waals surface area (Å²) in [5.74, 6) is 29.1. The van der Waals surface area contributed by atoms with E-state index in [9.17, 15) is 0 Å². The van der Waals surface area contributed by atoms with Crippen LogP contribution in [0.3, 0.4) is 0 Å². The molecule has 0 heterocycles. The molecule has 0 amide bonds. The van der Waals surface area contributed by atoms with Crippen LogP contribution in [-0.4, -0.2) is 0 Å². The second-order valence-corrected chi connectivity index (χ2v) is 50.4. The van der Waals surface area contributed by atoms with Crippen molar-refractivity contribution in [2.45, 2.75) is 27.1 Å². The minimum atomic E-state index is -0.947. The van der Waals surface area contributed by atoms with E-state index in [0.717, 1.165) is 89.0 Å². The monoisotopic (exact) mass is 3200 g/mol. The molecule has 0 aromatic heterocycles. The Kier molecular flexibility index (Phi) is 33.2. The van der Waals surface area contributed by atoms with Crippen molar-refractivity contribution in [3.05, 3.63) is 684 Å². The molecule has 0 atom stereocenters. The van der Waals surface area contributed by atoms with Crippen molar-refractivity contribution >= 4 is 271 Å². The Balaban J connectivity index is 0.710. The summed E-state index contributed by atoms with van der Waals surface area (Å²) in [6.07, 6.45) is 0. The van der Waals surface area contributed by atoms with E-state index in [1.54, 1.807) is 0 Å². The maximum absolute atomic E-state index is 3.65. The van der Waals surface area contributed by atoms with Crippen molar-refractivity contribution in [2.24, 2.45) is 0 Å². The highest BCUT2D eigenvalue weighted by molar-refractivity contribution is 14.1. The first-order valence-corrected chi connectivity index (χ1v) is 59.6. The van der Waals surface area contributed by atoms with E-state index < -0.39 is 27.1 Å². The summed E-state index contributed by atoms with van der Waals surface area (Å²) in [5, 5.41) is 0. The quantitative estimate of drug-likeness (QED) is 0.0405. The maximum Gasteiger partial charge on any atom is 0.0701 e. The Labute approximate surface area is 1010 Å².